The summed E-state index contributed by atoms with van der Waals surface area (Å²) in [5.41, 5.74) is 0.706. The Hall–Kier alpha value is -0.320. The van der Waals surface area contributed by atoms with Gasteiger partial charge in [-0.3, -0.25) is 0 Å². The zero-order valence-electron chi connectivity index (χ0n) is 12.4. The van der Waals surface area contributed by atoms with Gasteiger partial charge in [-0.25, -0.2) is 0 Å². The summed E-state index contributed by atoms with van der Waals surface area (Å²) in [4.78, 5) is 2.32. The smallest absolute Gasteiger partial charge is 0.0817 e. The molecule has 1 aromatic carbocycles. The van der Waals surface area contributed by atoms with Crippen LogP contribution in [0.3, 0.4) is 0 Å². The standard InChI is InChI=1S/C16H23Cl2NO2/c1-2-19(11-12-5-4-10-21-12)9-8-15(20)13-6-3-7-14(17)16(13)18/h3,6-7,12,15,20H,2,4-5,8-11H2,1H3. The van der Waals surface area contributed by atoms with Gasteiger partial charge in [0.2, 0.25) is 0 Å². The molecule has 1 aliphatic heterocycles. The molecule has 0 radical (unpaired) electrons. The zero-order chi connectivity index (χ0) is 15.2. The van der Waals surface area contributed by atoms with E-state index in [1.54, 1.807) is 6.07 Å². The van der Waals surface area contributed by atoms with Gasteiger partial charge in [-0.1, -0.05) is 42.3 Å². The Bertz CT molecular complexity index is 450. The van der Waals surface area contributed by atoms with Crippen molar-refractivity contribution in [3.05, 3.63) is 33.8 Å². The average Bonchev–Trinajstić information content (AvgIpc) is 2.99. The van der Waals surface area contributed by atoms with Crippen molar-refractivity contribution >= 4 is 23.2 Å². The summed E-state index contributed by atoms with van der Waals surface area (Å²) in [5, 5.41) is 11.3. The van der Waals surface area contributed by atoms with Crippen molar-refractivity contribution in [2.24, 2.45) is 0 Å². The van der Waals surface area contributed by atoms with Gasteiger partial charge in [0.25, 0.3) is 0 Å². The summed E-state index contributed by atoms with van der Waals surface area (Å²) < 4.78 is 5.67. The fraction of sp³-hybridized carbons (Fsp3) is 0.625. The molecule has 118 valence electrons. The first kappa shape index (κ1) is 17.0. The molecule has 0 bridgehead atoms. The molecule has 1 aliphatic rings. The van der Waals surface area contributed by atoms with Gasteiger partial charge in [0.1, 0.15) is 0 Å². The number of rotatable bonds is 7. The van der Waals surface area contributed by atoms with Crippen LogP contribution in [0.25, 0.3) is 0 Å². The third-order valence-electron chi connectivity index (χ3n) is 3.99. The highest BCUT2D eigenvalue weighted by Gasteiger charge is 2.20. The van der Waals surface area contributed by atoms with Crippen LogP contribution in [-0.4, -0.2) is 42.4 Å². The van der Waals surface area contributed by atoms with Gasteiger partial charge < -0.3 is 14.7 Å². The molecular formula is C16H23Cl2NO2. The van der Waals surface area contributed by atoms with Crippen molar-refractivity contribution in [1.82, 2.24) is 4.90 Å². The summed E-state index contributed by atoms with van der Waals surface area (Å²) in [6.45, 7) is 5.72. The van der Waals surface area contributed by atoms with Gasteiger partial charge >= 0.3 is 0 Å². The SMILES string of the molecule is CCN(CCC(O)c1cccc(Cl)c1Cl)CC1CCCO1. The van der Waals surface area contributed by atoms with E-state index < -0.39 is 6.10 Å². The van der Waals surface area contributed by atoms with Crippen LogP contribution in [0.15, 0.2) is 18.2 Å². The third kappa shape index (κ3) is 4.83. The Morgan fingerprint density at radius 3 is 2.90 bits per heavy atom. The lowest BCUT2D eigenvalue weighted by atomic mass is 10.1. The lowest BCUT2D eigenvalue weighted by Crippen LogP contribution is -2.33. The number of nitrogens with zero attached hydrogens (tertiary/aromatic N) is 1. The van der Waals surface area contributed by atoms with E-state index in [0.29, 0.717) is 28.1 Å². The molecule has 0 spiro atoms. The minimum atomic E-state index is -0.588. The Morgan fingerprint density at radius 2 is 2.24 bits per heavy atom. The van der Waals surface area contributed by atoms with E-state index in [0.717, 1.165) is 39.1 Å². The van der Waals surface area contributed by atoms with Gasteiger partial charge in [0.15, 0.2) is 0 Å². The molecule has 2 rings (SSSR count). The summed E-state index contributed by atoms with van der Waals surface area (Å²) >= 11 is 12.1. The van der Waals surface area contributed by atoms with Gasteiger partial charge in [0, 0.05) is 25.3 Å². The Kier molecular flexibility index (Phi) is 6.77. The van der Waals surface area contributed by atoms with E-state index in [1.165, 1.54) is 0 Å². The first-order chi connectivity index (χ1) is 10.1. The predicted octanol–water partition coefficient (Wildman–Crippen LogP) is 3.92. The first-order valence-electron chi connectivity index (χ1n) is 7.57. The van der Waals surface area contributed by atoms with E-state index in [1.807, 2.05) is 12.1 Å². The number of ether oxygens (including phenoxy) is 1. The van der Waals surface area contributed by atoms with Gasteiger partial charge in [0.05, 0.1) is 22.3 Å². The molecule has 0 saturated carbocycles. The highest BCUT2D eigenvalue weighted by molar-refractivity contribution is 6.42. The number of aliphatic hydroxyl groups excluding tert-OH is 1. The highest BCUT2D eigenvalue weighted by atomic mass is 35.5. The average molecular weight is 332 g/mol. The predicted molar refractivity (Wildman–Crippen MR) is 87.1 cm³/mol. The quantitative estimate of drug-likeness (QED) is 0.821. The van der Waals surface area contributed by atoms with E-state index in [9.17, 15) is 5.11 Å². The topological polar surface area (TPSA) is 32.7 Å². The molecule has 0 amide bonds. The molecule has 0 aromatic heterocycles. The molecule has 1 heterocycles. The number of aliphatic hydroxyl groups is 1. The summed E-state index contributed by atoms with van der Waals surface area (Å²) in [7, 11) is 0. The van der Waals surface area contributed by atoms with Gasteiger partial charge in [-0.15, -0.1) is 0 Å². The molecule has 2 unspecified atom stereocenters. The number of hydrogen-bond donors (Lipinski definition) is 1. The van der Waals surface area contributed by atoms with Crippen molar-refractivity contribution in [3.63, 3.8) is 0 Å². The number of halogens is 2. The van der Waals surface area contributed by atoms with Gasteiger partial charge in [-0.2, -0.15) is 0 Å². The summed E-state index contributed by atoms with van der Waals surface area (Å²) in [5.74, 6) is 0. The number of benzene rings is 1. The maximum atomic E-state index is 10.3. The molecule has 1 saturated heterocycles. The van der Waals surface area contributed by atoms with Crippen LogP contribution in [0.1, 0.15) is 37.9 Å². The zero-order valence-corrected chi connectivity index (χ0v) is 13.9. The second-order valence-corrected chi connectivity index (χ2v) is 6.26. The lowest BCUT2D eigenvalue weighted by Gasteiger charge is -2.25. The first-order valence-corrected chi connectivity index (χ1v) is 8.33. The molecule has 21 heavy (non-hydrogen) atoms. The second-order valence-electron chi connectivity index (χ2n) is 5.48. The number of hydrogen-bond acceptors (Lipinski definition) is 3. The lowest BCUT2D eigenvalue weighted by molar-refractivity contribution is 0.0669. The number of likely N-dealkylation sites (N-methyl/N-ethyl adjacent to an activating group) is 1. The van der Waals surface area contributed by atoms with E-state index >= 15 is 0 Å². The molecule has 1 fully saturated rings. The minimum absolute atomic E-state index is 0.344. The maximum Gasteiger partial charge on any atom is 0.0817 e. The summed E-state index contributed by atoms with van der Waals surface area (Å²) in [6, 6.07) is 5.38. The Labute approximate surface area is 136 Å². The molecule has 5 heteroatoms. The second kappa shape index (κ2) is 8.35. The van der Waals surface area contributed by atoms with Crippen LogP contribution in [-0.2, 0) is 4.74 Å². The Morgan fingerprint density at radius 1 is 1.43 bits per heavy atom. The van der Waals surface area contributed by atoms with E-state index in [4.69, 9.17) is 27.9 Å². The van der Waals surface area contributed by atoms with Crippen LogP contribution in [0.4, 0.5) is 0 Å². The molecule has 0 aliphatic carbocycles. The summed E-state index contributed by atoms with van der Waals surface area (Å²) in [6.07, 6.45) is 2.69. The van der Waals surface area contributed by atoms with Crippen molar-refractivity contribution in [3.8, 4) is 0 Å². The third-order valence-corrected chi connectivity index (χ3v) is 4.83. The largest absolute Gasteiger partial charge is 0.388 e. The van der Waals surface area contributed by atoms with Crippen LogP contribution in [0.2, 0.25) is 10.0 Å². The van der Waals surface area contributed by atoms with Crippen molar-refractivity contribution in [1.29, 1.82) is 0 Å². The van der Waals surface area contributed by atoms with E-state index in [2.05, 4.69) is 11.8 Å². The van der Waals surface area contributed by atoms with Crippen LogP contribution < -0.4 is 0 Å². The molecular weight excluding hydrogens is 309 g/mol. The van der Waals surface area contributed by atoms with E-state index in [-0.39, 0.29) is 0 Å². The van der Waals surface area contributed by atoms with Crippen LogP contribution >= 0.6 is 23.2 Å². The maximum absolute atomic E-state index is 10.3. The molecule has 1 N–H and O–H groups in total. The normalized spacial score (nSPS) is 20.1. The fourth-order valence-corrected chi connectivity index (χ4v) is 3.13. The van der Waals surface area contributed by atoms with Crippen LogP contribution in [0.5, 0.6) is 0 Å². The monoisotopic (exact) mass is 331 g/mol. The molecule has 2 atom stereocenters. The highest BCUT2D eigenvalue weighted by Crippen LogP contribution is 2.31. The van der Waals surface area contributed by atoms with Crippen LogP contribution in [0, 0.1) is 0 Å². The van der Waals surface area contributed by atoms with Crippen molar-refractivity contribution < 1.29 is 9.84 Å². The molecule has 1 aromatic rings. The van der Waals surface area contributed by atoms with Crippen molar-refractivity contribution in [2.45, 2.75) is 38.4 Å². The van der Waals surface area contributed by atoms with Crippen molar-refractivity contribution in [2.75, 3.05) is 26.2 Å². The molecule has 3 nitrogen and oxygen atoms in total. The van der Waals surface area contributed by atoms with Gasteiger partial charge in [-0.05, 0) is 31.9 Å². The Balaban J connectivity index is 1.86. The fourth-order valence-electron chi connectivity index (χ4n) is 2.69. The minimum Gasteiger partial charge on any atom is -0.388 e.